The highest BCUT2D eigenvalue weighted by Crippen LogP contribution is 2.36. The fourth-order valence-corrected chi connectivity index (χ4v) is 4.77. The van der Waals surface area contributed by atoms with Crippen molar-refractivity contribution < 1.29 is 9.30 Å². The van der Waals surface area contributed by atoms with E-state index in [4.69, 9.17) is 9.73 Å². The molecule has 1 aromatic heterocycles. The minimum absolute atomic E-state index is 0.115. The number of hydrogen-bond acceptors (Lipinski definition) is 3. The van der Waals surface area contributed by atoms with Crippen LogP contribution >= 0.6 is 0 Å². The Morgan fingerprint density at radius 1 is 0.757 bits per heavy atom. The SMILES string of the molecule is C=Nc1ccc(C(C)(C)c2ccc(C(C)(C)c3ccc(N=C(OC)c4n(C)cc[n+]4C)cc3)cc2)cc1. The Kier molecular flexibility index (Phi) is 7.17. The van der Waals surface area contributed by atoms with Gasteiger partial charge in [0.25, 0.3) is 0 Å². The van der Waals surface area contributed by atoms with Gasteiger partial charge in [-0.25, -0.2) is 14.1 Å². The molecule has 0 fully saturated rings. The van der Waals surface area contributed by atoms with Gasteiger partial charge in [0.15, 0.2) is 0 Å². The summed E-state index contributed by atoms with van der Waals surface area (Å²) >= 11 is 0. The molecule has 0 N–H and O–H groups in total. The normalized spacial score (nSPS) is 12.5. The summed E-state index contributed by atoms with van der Waals surface area (Å²) in [4.78, 5) is 8.77. The van der Waals surface area contributed by atoms with Crippen molar-refractivity contribution in [3.8, 4) is 0 Å². The van der Waals surface area contributed by atoms with Gasteiger partial charge in [-0.05, 0) is 53.2 Å². The fraction of sp³-hybridized carbons (Fsp3) is 0.281. The first-order valence-corrected chi connectivity index (χ1v) is 12.5. The van der Waals surface area contributed by atoms with Crippen LogP contribution in [-0.4, -0.2) is 24.3 Å². The van der Waals surface area contributed by atoms with Gasteiger partial charge in [0.05, 0.1) is 32.6 Å². The predicted molar refractivity (Wildman–Crippen MR) is 153 cm³/mol. The van der Waals surface area contributed by atoms with Gasteiger partial charge in [0, 0.05) is 10.8 Å². The summed E-state index contributed by atoms with van der Waals surface area (Å²) in [6.07, 6.45) is 3.97. The Balaban J connectivity index is 1.57. The molecule has 0 unspecified atom stereocenters. The first kappa shape index (κ1) is 26.1. The van der Waals surface area contributed by atoms with E-state index < -0.39 is 0 Å². The lowest BCUT2D eigenvalue weighted by atomic mass is 9.74. The zero-order chi connectivity index (χ0) is 26.8. The van der Waals surface area contributed by atoms with E-state index in [-0.39, 0.29) is 10.8 Å². The molecule has 4 aromatic rings. The summed E-state index contributed by atoms with van der Waals surface area (Å²) < 4.78 is 9.61. The van der Waals surface area contributed by atoms with E-state index in [0.717, 1.165) is 17.2 Å². The molecule has 190 valence electrons. The second kappa shape index (κ2) is 10.2. The molecule has 0 aliphatic heterocycles. The Labute approximate surface area is 220 Å². The second-order valence-corrected chi connectivity index (χ2v) is 10.5. The van der Waals surface area contributed by atoms with Gasteiger partial charge in [-0.15, -0.1) is 0 Å². The van der Waals surface area contributed by atoms with Gasteiger partial charge in [-0.2, -0.15) is 0 Å². The van der Waals surface area contributed by atoms with Crippen molar-refractivity contribution in [2.24, 2.45) is 24.1 Å². The van der Waals surface area contributed by atoms with E-state index in [0.29, 0.717) is 5.90 Å². The number of ether oxygens (including phenoxy) is 1. The molecule has 1 heterocycles. The van der Waals surface area contributed by atoms with Gasteiger partial charge in [0.1, 0.15) is 12.4 Å². The maximum Gasteiger partial charge on any atom is 0.344 e. The zero-order valence-corrected chi connectivity index (χ0v) is 23.0. The van der Waals surface area contributed by atoms with Crippen LogP contribution in [0, 0.1) is 0 Å². The average Bonchev–Trinajstić information content (AvgIpc) is 3.25. The maximum atomic E-state index is 5.61. The van der Waals surface area contributed by atoms with Crippen LogP contribution in [0.15, 0.2) is 95.2 Å². The highest BCUT2D eigenvalue weighted by atomic mass is 16.5. The molecule has 0 radical (unpaired) electrons. The van der Waals surface area contributed by atoms with Crippen LogP contribution in [0.25, 0.3) is 0 Å². The van der Waals surface area contributed by atoms with E-state index in [1.165, 1.54) is 22.3 Å². The third-order valence-corrected chi connectivity index (χ3v) is 7.49. The van der Waals surface area contributed by atoms with E-state index in [1.807, 2.05) is 47.8 Å². The standard InChI is InChI=1S/C32H37N4O/c1-31(2,25-13-17-27(33-5)18-14-25)23-9-11-24(12-10-23)32(3,4)26-15-19-28(20-16-26)34-29(37-8)30-35(6)21-22-36(30)7/h9-22H,5H2,1-4,6-8H3/q+1. The van der Waals surface area contributed by atoms with E-state index >= 15 is 0 Å². The lowest BCUT2D eigenvalue weighted by molar-refractivity contribution is -0.672. The van der Waals surface area contributed by atoms with Gasteiger partial charge in [-0.1, -0.05) is 76.2 Å². The Morgan fingerprint density at radius 3 is 1.51 bits per heavy atom. The first-order chi connectivity index (χ1) is 17.6. The van der Waals surface area contributed by atoms with Crippen LogP contribution in [0.1, 0.15) is 55.8 Å². The number of hydrogen-bond donors (Lipinski definition) is 0. The van der Waals surface area contributed by atoms with Crippen molar-refractivity contribution in [2.45, 2.75) is 38.5 Å². The van der Waals surface area contributed by atoms with Crippen LogP contribution in [0.2, 0.25) is 0 Å². The maximum absolute atomic E-state index is 5.61. The second-order valence-electron chi connectivity index (χ2n) is 10.5. The van der Waals surface area contributed by atoms with Crippen molar-refractivity contribution in [3.05, 3.63) is 113 Å². The first-order valence-electron chi connectivity index (χ1n) is 12.5. The molecular weight excluding hydrogens is 456 g/mol. The summed E-state index contributed by atoms with van der Waals surface area (Å²) in [5, 5.41) is 0. The van der Waals surface area contributed by atoms with Gasteiger partial charge in [-0.3, -0.25) is 4.99 Å². The van der Waals surface area contributed by atoms with Crippen LogP contribution in [-0.2, 0) is 29.7 Å². The van der Waals surface area contributed by atoms with Crippen molar-refractivity contribution >= 4 is 24.0 Å². The van der Waals surface area contributed by atoms with Crippen molar-refractivity contribution in [1.82, 2.24) is 4.57 Å². The molecule has 0 spiro atoms. The summed E-state index contributed by atoms with van der Waals surface area (Å²) in [7, 11) is 5.62. The molecule has 37 heavy (non-hydrogen) atoms. The monoisotopic (exact) mass is 493 g/mol. The third-order valence-electron chi connectivity index (χ3n) is 7.49. The van der Waals surface area contributed by atoms with Crippen LogP contribution in [0.3, 0.4) is 0 Å². The molecular formula is C32H37N4O+. The lowest BCUT2D eigenvalue weighted by Gasteiger charge is -2.29. The molecule has 5 heteroatoms. The van der Waals surface area contributed by atoms with Crippen LogP contribution < -0.4 is 4.57 Å². The molecule has 0 aliphatic rings. The lowest BCUT2D eigenvalue weighted by Crippen LogP contribution is -2.35. The number of imidazole rings is 1. The molecule has 0 saturated heterocycles. The number of aryl methyl sites for hydroxylation is 2. The summed E-state index contributed by atoms with van der Waals surface area (Å²) in [5.74, 6) is 1.49. The van der Waals surface area contributed by atoms with Crippen LogP contribution in [0.5, 0.6) is 0 Å². The quantitative estimate of drug-likeness (QED) is 0.163. The Morgan fingerprint density at radius 2 is 1.16 bits per heavy atom. The van der Waals surface area contributed by atoms with Crippen molar-refractivity contribution in [3.63, 3.8) is 0 Å². The number of aromatic nitrogens is 2. The molecule has 0 saturated carbocycles. The number of nitrogens with zero attached hydrogens (tertiary/aromatic N) is 4. The number of benzene rings is 3. The molecule has 0 aliphatic carbocycles. The highest BCUT2D eigenvalue weighted by Gasteiger charge is 2.27. The molecule has 3 aromatic carbocycles. The Hall–Kier alpha value is -3.99. The van der Waals surface area contributed by atoms with Gasteiger partial charge in [0.2, 0.25) is 0 Å². The van der Waals surface area contributed by atoms with E-state index in [1.54, 1.807) is 7.11 Å². The molecule has 4 rings (SSSR count). The number of methoxy groups -OCH3 is 1. The Bertz CT molecular complexity index is 1390. The molecule has 0 atom stereocenters. The predicted octanol–water partition coefficient (Wildman–Crippen LogP) is 6.56. The topological polar surface area (TPSA) is 42.8 Å². The number of aliphatic imine (C=N–C) groups is 2. The minimum Gasteiger partial charge on any atom is -0.475 e. The molecule has 5 nitrogen and oxygen atoms in total. The van der Waals surface area contributed by atoms with Gasteiger partial charge >= 0.3 is 11.7 Å². The smallest absolute Gasteiger partial charge is 0.344 e. The third kappa shape index (κ3) is 5.12. The van der Waals surface area contributed by atoms with Gasteiger partial charge < -0.3 is 4.74 Å². The summed E-state index contributed by atoms with van der Waals surface area (Å²) in [6.45, 7) is 12.6. The zero-order valence-electron chi connectivity index (χ0n) is 23.0. The fourth-order valence-electron chi connectivity index (χ4n) is 4.77. The summed E-state index contributed by atoms with van der Waals surface area (Å²) in [5.41, 5.74) is 6.50. The highest BCUT2D eigenvalue weighted by molar-refractivity contribution is 5.91. The average molecular weight is 494 g/mol. The van der Waals surface area contributed by atoms with E-state index in [9.17, 15) is 0 Å². The van der Waals surface area contributed by atoms with E-state index in [2.05, 4.69) is 100 Å². The number of rotatable bonds is 7. The van der Waals surface area contributed by atoms with Crippen molar-refractivity contribution in [2.75, 3.05) is 7.11 Å². The molecule has 0 amide bonds. The van der Waals surface area contributed by atoms with Crippen LogP contribution in [0.4, 0.5) is 11.4 Å². The minimum atomic E-state index is -0.156. The largest absolute Gasteiger partial charge is 0.475 e. The molecule has 0 bridgehead atoms. The summed E-state index contributed by atoms with van der Waals surface area (Å²) in [6, 6.07) is 25.7. The van der Waals surface area contributed by atoms with Crippen molar-refractivity contribution in [1.29, 1.82) is 0 Å².